The number of carbonyl (C=O) groups is 2. The van der Waals surface area contributed by atoms with Crippen LogP contribution in [0.4, 0.5) is 5.69 Å². The van der Waals surface area contributed by atoms with Crippen molar-refractivity contribution in [2.75, 3.05) is 5.32 Å². The molecule has 0 aromatic heterocycles. The summed E-state index contributed by atoms with van der Waals surface area (Å²) in [6.45, 7) is 5.47. The Kier molecular flexibility index (Phi) is 6.47. The summed E-state index contributed by atoms with van der Waals surface area (Å²) in [6.07, 6.45) is 0. The van der Waals surface area contributed by atoms with Crippen molar-refractivity contribution in [3.63, 3.8) is 0 Å². The molecule has 0 saturated carbocycles. The molecule has 130 valence electrons. The Morgan fingerprint density at radius 1 is 0.960 bits per heavy atom. The van der Waals surface area contributed by atoms with Gasteiger partial charge in [-0.25, -0.2) is 5.43 Å². The summed E-state index contributed by atoms with van der Waals surface area (Å²) in [7, 11) is 0. The summed E-state index contributed by atoms with van der Waals surface area (Å²) >= 11 is 3.38. The number of hydrazone groups is 1. The molecule has 0 aliphatic heterocycles. The number of amides is 2. The molecule has 0 heterocycles. The minimum absolute atomic E-state index is 0.0630. The number of nitrogens with one attached hydrogen (secondary N) is 2. The number of hydrogen-bond acceptors (Lipinski definition) is 3. The third kappa shape index (κ3) is 5.53. The van der Waals surface area contributed by atoms with Gasteiger partial charge in [0, 0.05) is 21.6 Å². The molecule has 0 atom stereocenters. The van der Waals surface area contributed by atoms with E-state index in [9.17, 15) is 9.59 Å². The summed E-state index contributed by atoms with van der Waals surface area (Å²) in [5.74, 6) is -0.469. The summed E-state index contributed by atoms with van der Waals surface area (Å²) in [4.78, 5) is 23.8. The normalized spacial score (nSPS) is 11.3. The van der Waals surface area contributed by atoms with Gasteiger partial charge in [-0.3, -0.25) is 9.59 Å². The predicted octanol–water partition coefficient (Wildman–Crippen LogP) is 4.20. The lowest BCUT2D eigenvalue weighted by atomic mass is 10.1. The summed E-state index contributed by atoms with van der Waals surface area (Å²) < 4.78 is 0.984. The topological polar surface area (TPSA) is 70.6 Å². The van der Waals surface area contributed by atoms with Gasteiger partial charge in [0.15, 0.2) is 0 Å². The van der Waals surface area contributed by atoms with Crippen molar-refractivity contribution < 1.29 is 9.59 Å². The first-order valence-corrected chi connectivity index (χ1v) is 8.67. The van der Waals surface area contributed by atoms with Crippen LogP contribution in [0.15, 0.2) is 58.1 Å². The van der Waals surface area contributed by atoms with Crippen LogP contribution in [-0.2, 0) is 4.79 Å². The minimum atomic E-state index is -0.307. The van der Waals surface area contributed by atoms with Gasteiger partial charge in [-0.1, -0.05) is 41.9 Å². The van der Waals surface area contributed by atoms with E-state index in [1.54, 1.807) is 24.3 Å². The molecule has 0 saturated heterocycles. The molecule has 0 unspecified atom stereocenters. The molecule has 0 radical (unpaired) electrons. The number of benzene rings is 2. The quantitative estimate of drug-likeness (QED) is 0.582. The number of carbonyl (C=O) groups excluding carboxylic acids is 2. The van der Waals surface area contributed by atoms with Gasteiger partial charge in [-0.05, 0) is 48.9 Å². The molecule has 2 amide bonds. The van der Waals surface area contributed by atoms with E-state index in [0.29, 0.717) is 17.0 Å². The van der Waals surface area contributed by atoms with Gasteiger partial charge in [-0.2, -0.15) is 5.10 Å². The zero-order valence-corrected chi connectivity index (χ0v) is 15.9. The first kappa shape index (κ1) is 18.9. The second-order valence-electron chi connectivity index (χ2n) is 5.87. The highest BCUT2D eigenvalue weighted by atomic mass is 79.9. The van der Waals surface area contributed by atoms with Crippen molar-refractivity contribution in [3.05, 3.63) is 64.1 Å². The molecule has 0 aliphatic carbocycles. The maximum Gasteiger partial charge on any atom is 0.271 e. The van der Waals surface area contributed by atoms with Crippen LogP contribution in [0, 0.1) is 5.92 Å². The fraction of sp³-hybridized carbons (Fsp3) is 0.211. The van der Waals surface area contributed by atoms with Crippen LogP contribution in [0.25, 0.3) is 0 Å². The monoisotopic (exact) mass is 401 g/mol. The van der Waals surface area contributed by atoms with Crippen LogP contribution in [0.2, 0.25) is 0 Å². The van der Waals surface area contributed by atoms with Gasteiger partial charge in [-0.15, -0.1) is 0 Å². The van der Waals surface area contributed by atoms with E-state index in [-0.39, 0.29) is 17.7 Å². The molecule has 0 bridgehead atoms. The highest BCUT2D eigenvalue weighted by molar-refractivity contribution is 9.10. The number of hydrogen-bond donors (Lipinski definition) is 2. The first-order valence-electron chi connectivity index (χ1n) is 7.88. The third-order valence-corrected chi connectivity index (χ3v) is 4.05. The van der Waals surface area contributed by atoms with Crippen LogP contribution in [0.1, 0.15) is 36.7 Å². The Balaban J connectivity index is 1.99. The lowest BCUT2D eigenvalue weighted by molar-refractivity contribution is -0.118. The fourth-order valence-electron chi connectivity index (χ4n) is 1.95. The average Bonchev–Trinajstić information content (AvgIpc) is 2.60. The molecule has 6 heteroatoms. The number of rotatable bonds is 5. The Morgan fingerprint density at radius 3 is 2.08 bits per heavy atom. The molecule has 0 spiro atoms. The van der Waals surface area contributed by atoms with Crippen molar-refractivity contribution >= 4 is 39.1 Å². The molecule has 2 rings (SSSR count). The van der Waals surface area contributed by atoms with Crippen LogP contribution in [0.3, 0.4) is 0 Å². The summed E-state index contributed by atoms with van der Waals surface area (Å²) in [5.41, 5.74) is 5.30. The van der Waals surface area contributed by atoms with E-state index in [4.69, 9.17) is 0 Å². The smallest absolute Gasteiger partial charge is 0.271 e. The first-order chi connectivity index (χ1) is 11.9. The van der Waals surface area contributed by atoms with Crippen LogP contribution in [0.5, 0.6) is 0 Å². The van der Waals surface area contributed by atoms with E-state index < -0.39 is 0 Å². The van der Waals surface area contributed by atoms with Crippen LogP contribution >= 0.6 is 15.9 Å². The Bertz CT molecular complexity index is 781. The maximum atomic E-state index is 12.2. The van der Waals surface area contributed by atoms with Crippen LogP contribution < -0.4 is 10.7 Å². The largest absolute Gasteiger partial charge is 0.326 e. The maximum absolute atomic E-state index is 12.2. The predicted molar refractivity (Wildman–Crippen MR) is 104 cm³/mol. The Labute approximate surface area is 155 Å². The molecule has 0 aliphatic rings. The lowest BCUT2D eigenvalue weighted by Gasteiger charge is -2.08. The molecule has 2 aromatic carbocycles. The standard InChI is InChI=1S/C19H20BrN3O2/c1-12(2)18(24)21-17-10-6-15(7-11-17)19(25)23-22-13(3)14-4-8-16(20)9-5-14/h4-12H,1-3H3,(H,21,24)(H,23,25). The minimum Gasteiger partial charge on any atom is -0.326 e. The molecular weight excluding hydrogens is 382 g/mol. The number of halogens is 1. The van der Waals surface area contributed by atoms with Crippen molar-refractivity contribution in [2.24, 2.45) is 11.0 Å². The molecule has 2 N–H and O–H groups in total. The highest BCUT2D eigenvalue weighted by Gasteiger charge is 2.09. The van der Waals surface area contributed by atoms with Crippen molar-refractivity contribution in [1.29, 1.82) is 0 Å². The van der Waals surface area contributed by atoms with Gasteiger partial charge >= 0.3 is 0 Å². The molecule has 5 nitrogen and oxygen atoms in total. The average molecular weight is 402 g/mol. The van der Waals surface area contributed by atoms with E-state index in [1.807, 2.05) is 45.0 Å². The Hall–Kier alpha value is -2.47. The van der Waals surface area contributed by atoms with E-state index in [0.717, 1.165) is 10.0 Å². The van der Waals surface area contributed by atoms with Gasteiger partial charge in [0.05, 0.1) is 5.71 Å². The van der Waals surface area contributed by atoms with Gasteiger partial charge in [0.2, 0.25) is 5.91 Å². The van der Waals surface area contributed by atoms with Gasteiger partial charge in [0.1, 0.15) is 0 Å². The van der Waals surface area contributed by atoms with Crippen molar-refractivity contribution in [3.8, 4) is 0 Å². The van der Waals surface area contributed by atoms with E-state index in [2.05, 4.69) is 31.8 Å². The van der Waals surface area contributed by atoms with Crippen molar-refractivity contribution in [1.82, 2.24) is 5.43 Å². The second-order valence-corrected chi connectivity index (χ2v) is 6.78. The number of anilines is 1. The zero-order valence-electron chi connectivity index (χ0n) is 14.3. The van der Waals surface area contributed by atoms with Crippen LogP contribution in [-0.4, -0.2) is 17.5 Å². The van der Waals surface area contributed by atoms with E-state index >= 15 is 0 Å². The molecule has 2 aromatic rings. The van der Waals surface area contributed by atoms with Gasteiger partial charge in [0.25, 0.3) is 5.91 Å². The van der Waals surface area contributed by atoms with Crippen molar-refractivity contribution in [2.45, 2.75) is 20.8 Å². The molecular formula is C19H20BrN3O2. The SMILES string of the molecule is CC(=NNC(=O)c1ccc(NC(=O)C(C)C)cc1)c1ccc(Br)cc1. The molecule has 25 heavy (non-hydrogen) atoms. The fourth-order valence-corrected chi connectivity index (χ4v) is 2.21. The van der Waals surface area contributed by atoms with Gasteiger partial charge < -0.3 is 5.32 Å². The highest BCUT2D eigenvalue weighted by Crippen LogP contribution is 2.12. The summed E-state index contributed by atoms with van der Waals surface area (Å²) in [6, 6.07) is 14.4. The third-order valence-electron chi connectivity index (χ3n) is 3.53. The summed E-state index contributed by atoms with van der Waals surface area (Å²) in [5, 5.41) is 6.91. The second kappa shape index (κ2) is 8.58. The number of nitrogens with zero attached hydrogens (tertiary/aromatic N) is 1. The lowest BCUT2D eigenvalue weighted by Crippen LogP contribution is -2.20. The van der Waals surface area contributed by atoms with E-state index in [1.165, 1.54) is 0 Å². The molecule has 0 fully saturated rings. The Morgan fingerprint density at radius 2 is 1.52 bits per heavy atom. The zero-order chi connectivity index (χ0) is 18.4.